The van der Waals surface area contributed by atoms with Crippen molar-refractivity contribution >= 4 is 20.9 Å². The predicted octanol–water partition coefficient (Wildman–Crippen LogP) is 2.72. The van der Waals surface area contributed by atoms with Gasteiger partial charge in [0, 0.05) is 25.3 Å². The number of aromatic amines is 1. The molecule has 2 N–H and O–H groups in total. The monoisotopic (exact) mass is 400 g/mol. The van der Waals surface area contributed by atoms with Gasteiger partial charge in [0.05, 0.1) is 10.4 Å². The Bertz CT molecular complexity index is 1140. The molecule has 3 aromatic rings. The number of hydrogen-bond donors (Lipinski definition) is 2. The van der Waals surface area contributed by atoms with Gasteiger partial charge in [-0.25, -0.2) is 8.42 Å². The number of nitrogens with zero attached hydrogens (tertiary/aromatic N) is 1. The summed E-state index contributed by atoms with van der Waals surface area (Å²) in [7, 11) is -3.79. The second-order valence-electron chi connectivity index (χ2n) is 6.82. The molecule has 0 aliphatic heterocycles. The van der Waals surface area contributed by atoms with Crippen LogP contribution in [0.3, 0.4) is 0 Å². The third-order valence-corrected chi connectivity index (χ3v) is 6.78. The lowest BCUT2D eigenvalue weighted by atomic mass is 10.0. The van der Waals surface area contributed by atoms with E-state index in [1.807, 2.05) is 26.0 Å². The van der Waals surface area contributed by atoms with Crippen molar-refractivity contribution in [3.05, 3.63) is 75.6 Å². The summed E-state index contributed by atoms with van der Waals surface area (Å²) in [5.41, 5.74) is 2.90. The Morgan fingerprint density at radius 1 is 1.07 bits per heavy atom. The first-order valence-electron chi connectivity index (χ1n) is 9.13. The van der Waals surface area contributed by atoms with Crippen LogP contribution in [0.2, 0.25) is 0 Å². The van der Waals surface area contributed by atoms with Crippen LogP contribution in [0.1, 0.15) is 23.1 Å². The largest absolute Gasteiger partial charge is 0.396 e. The minimum atomic E-state index is -3.79. The number of benzene rings is 2. The maximum atomic E-state index is 13.0. The molecule has 28 heavy (non-hydrogen) atoms. The Hall–Kier alpha value is -2.48. The van der Waals surface area contributed by atoms with Crippen molar-refractivity contribution in [2.75, 3.05) is 13.2 Å². The van der Waals surface area contributed by atoms with Crippen LogP contribution in [0.4, 0.5) is 0 Å². The summed E-state index contributed by atoms with van der Waals surface area (Å²) < 4.78 is 27.3. The Kier molecular flexibility index (Phi) is 5.98. The van der Waals surface area contributed by atoms with Gasteiger partial charge < -0.3 is 10.1 Å². The molecule has 0 aliphatic carbocycles. The minimum Gasteiger partial charge on any atom is -0.396 e. The molecule has 7 heteroatoms. The Morgan fingerprint density at radius 3 is 2.46 bits per heavy atom. The summed E-state index contributed by atoms with van der Waals surface area (Å²) in [4.78, 5) is 15.7. The van der Waals surface area contributed by atoms with Crippen LogP contribution in [0.15, 0.2) is 58.2 Å². The maximum absolute atomic E-state index is 13.0. The first-order valence-corrected chi connectivity index (χ1v) is 10.6. The fourth-order valence-electron chi connectivity index (χ4n) is 3.15. The van der Waals surface area contributed by atoms with E-state index in [-0.39, 0.29) is 36.6 Å². The van der Waals surface area contributed by atoms with Gasteiger partial charge in [0.2, 0.25) is 10.0 Å². The summed E-state index contributed by atoms with van der Waals surface area (Å²) in [6.07, 6.45) is 0.288. The number of aliphatic hydroxyl groups is 1. The van der Waals surface area contributed by atoms with E-state index in [0.717, 1.165) is 22.0 Å². The minimum absolute atomic E-state index is 0.0601. The second-order valence-corrected chi connectivity index (χ2v) is 8.76. The molecule has 0 aliphatic rings. The summed E-state index contributed by atoms with van der Waals surface area (Å²) in [5.74, 6) is 0. The fourth-order valence-corrected chi connectivity index (χ4v) is 4.63. The Morgan fingerprint density at radius 2 is 1.79 bits per heavy atom. The number of H-pyrrole nitrogens is 1. The van der Waals surface area contributed by atoms with E-state index in [2.05, 4.69) is 4.98 Å². The molecule has 3 rings (SSSR count). The van der Waals surface area contributed by atoms with E-state index < -0.39 is 10.0 Å². The lowest BCUT2D eigenvalue weighted by Crippen LogP contribution is -2.34. The highest BCUT2D eigenvalue weighted by Crippen LogP contribution is 2.21. The zero-order valence-electron chi connectivity index (χ0n) is 16.0. The molecule has 0 amide bonds. The van der Waals surface area contributed by atoms with Crippen molar-refractivity contribution in [3.63, 3.8) is 0 Å². The molecule has 6 nitrogen and oxygen atoms in total. The SMILES string of the molecule is Cc1ccc2cc(CN(CCCO)S(=O)(=O)c3ccccc3)c(=O)[nH]c2c1C. The van der Waals surface area contributed by atoms with Crippen molar-refractivity contribution in [1.29, 1.82) is 0 Å². The van der Waals surface area contributed by atoms with Crippen molar-refractivity contribution < 1.29 is 13.5 Å². The molecule has 0 saturated heterocycles. The quantitative estimate of drug-likeness (QED) is 0.638. The third kappa shape index (κ3) is 4.01. The molecule has 0 radical (unpaired) electrons. The molecule has 0 bridgehead atoms. The average Bonchev–Trinajstić information content (AvgIpc) is 2.69. The molecule has 2 aromatic carbocycles. The van der Waals surface area contributed by atoms with Gasteiger partial charge in [-0.15, -0.1) is 0 Å². The Labute approximate surface area is 164 Å². The first-order chi connectivity index (χ1) is 13.3. The van der Waals surface area contributed by atoms with Crippen LogP contribution in [0, 0.1) is 13.8 Å². The van der Waals surface area contributed by atoms with Crippen LogP contribution in [-0.4, -0.2) is 36.0 Å². The molecule has 0 unspecified atom stereocenters. The highest BCUT2D eigenvalue weighted by molar-refractivity contribution is 7.89. The van der Waals surface area contributed by atoms with Gasteiger partial charge in [-0.2, -0.15) is 4.31 Å². The van der Waals surface area contributed by atoms with E-state index in [1.165, 1.54) is 16.4 Å². The Balaban J connectivity index is 2.03. The summed E-state index contributed by atoms with van der Waals surface area (Å²) in [6, 6.07) is 13.7. The standard InChI is InChI=1S/C21H24N2O4S/c1-15-9-10-17-13-18(21(25)22-20(17)16(15)2)14-23(11-6-12-24)28(26,27)19-7-4-3-5-8-19/h3-5,7-10,13,24H,6,11-12,14H2,1-2H3,(H,22,25). The predicted molar refractivity (Wildman–Crippen MR) is 110 cm³/mol. The first kappa shape index (κ1) is 20.3. The van der Waals surface area contributed by atoms with Crippen molar-refractivity contribution in [2.45, 2.75) is 31.7 Å². The lowest BCUT2D eigenvalue weighted by Gasteiger charge is -2.22. The lowest BCUT2D eigenvalue weighted by molar-refractivity contribution is 0.267. The van der Waals surface area contributed by atoms with Gasteiger partial charge in [0.25, 0.3) is 5.56 Å². The van der Waals surface area contributed by atoms with Gasteiger partial charge >= 0.3 is 0 Å². The summed E-state index contributed by atoms with van der Waals surface area (Å²) in [6.45, 7) is 3.85. The van der Waals surface area contributed by atoms with Gasteiger partial charge in [-0.1, -0.05) is 30.3 Å². The van der Waals surface area contributed by atoms with Crippen LogP contribution < -0.4 is 5.56 Å². The molecule has 1 heterocycles. The zero-order valence-corrected chi connectivity index (χ0v) is 16.8. The van der Waals surface area contributed by atoms with Crippen molar-refractivity contribution in [2.24, 2.45) is 0 Å². The highest BCUT2D eigenvalue weighted by Gasteiger charge is 2.25. The number of fused-ring (bicyclic) bond motifs is 1. The van der Waals surface area contributed by atoms with E-state index in [1.54, 1.807) is 24.3 Å². The zero-order chi connectivity index (χ0) is 20.3. The number of aliphatic hydroxyl groups excluding tert-OH is 1. The summed E-state index contributed by atoms with van der Waals surface area (Å²) >= 11 is 0. The van der Waals surface area contributed by atoms with E-state index >= 15 is 0 Å². The second kappa shape index (κ2) is 8.26. The molecule has 0 saturated carbocycles. The third-order valence-electron chi connectivity index (χ3n) is 4.92. The number of hydrogen-bond acceptors (Lipinski definition) is 4. The molecular formula is C21H24N2O4S. The van der Waals surface area contributed by atoms with Crippen LogP contribution >= 0.6 is 0 Å². The van der Waals surface area contributed by atoms with E-state index in [9.17, 15) is 18.3 Å². The van der Waals surface area contributed by atoms with Gasteiger partial charge in [-0.05, 0) is 55.0 Å². The van der Waals surface area contributed by atoms with Crippen LogP contribution in [0.25, 0.3) is 10.9 Å². The van der Waals surface area contributed by atoms with Gasteiger partial charge in [0.1, 0.15) is 0 Å². The number of pyridine rings is 1. The van der Waals surface area contributed by atoms with E-state index in [4.69, 9.17) is 0 Å². The number of aryl methyl sites for hydroxylation is 2. The van der Waals surface area contributed by atoms with Crippen molar-refractivity contribution in [3.8, 4) is 0 Å². The van der Waals surface area contributed by atoms with Crippen LogP contribution in [-0.2, 0) is 16.6 Å². The number of rotatable bonds is 7. The van der Waals surface area contributed by atoms with Gasteiger partial charge in [-0.3, -0.25) is 4.79 Å². The summed E-state index contributed by atoms with van der Waals surface area (Å²) in [5, 5.41) is 10.0. The number of aromatic nitrogens is 1. The average molecular weight is 401 g/mol. The van der Waals surface area contributed by atoms with Gasteiger partial charge in [0.15, 0.2) is 0 Å². The molecule has 148 valence electrons. The molecule has 1 aromatic heterocycles. The molecule has 0 spiro atoms. The smallest absolute Gasteiger partial charge is 0.252 e. The highest BCUT2D eigenvalue weighted by atomic mass is 32.2. The number of nitrogens with one attached hydrogen (secondary N) is 1. The fraction of sp³-hybridized carbons (Fsp3) is 0.286. The maximum Gasteiger partial charge on any atom is 0.252 e. The molecule has 0 atom stereocenters. The van der Waals surface area contributed by atoms with Crippen LogP contribution in [0.5, 0.6) is 0 Å². The molecule has 0 fully saturated rings. The van der Waals surface area contributed by atoms with E-state index in [0.29, 0.717) is 5.56 Å². The number of sulfonamides is 1. The van der Waals surface area contributed by atoms with Crippen molar-refractivity contribution in [1.82, 2.24) is 9.29 Å². The molecular weight excluding hydrogens is 376 g/mol. The normalized spacial score (nSPS) is 12.0. The topological polar surface area (TPSA) is 90.5 Å².